The average Bonchev–Trinajstić information content (AvgIpc) is 2.41. The van der Waals surface area contributed by atoms with Crippen molar-refractivity contribution in [3.8, 4) is 5.75 Å². The summed E-state index contributed by atoms with van der Waals surface area (Å²) in [6.07, 6.45) is -4.10. The highest BCUT2D eigenvalue weighted by atomic mass is 19.4. The van der Waals surface area contributed by atoms with E-state index in [0.717, 1.165) is 6.07 Å². The summed E-state index contributed by atoms with van der Waals surface area (Å²) >= 11 is 0. The fourth-order valence-corrected chi connectivity index (χ4v) is 1.70. The molecule has 1 heterocycles. The van der Waals surface area contributed by atoms with E-state index in [4.69, 9.17) is 4.74 Å². The van der Waals surface area contributed by atoms with E-state index >= 15 is 0 Å². The Balaban J connectivity index is 2.50. The topological polar surface area (TPSA) is 9.23 Å². The van der Waals surface area contributed by atoms with Crippen LogP contribution in [0, 0.1) is 0 Å². The van der Waals surface area contributed by atoms with Crippen LogP contribution in [0.3, 0.4) is 0 Å². The second-order valence-electron chi connectivity index (χ2n) is 3.41. The number of fused-ring (bicyclic) bond motifs is 1. The van der Waals surface area contributed by atoms with Gasteiger partial charge < -0.3 is 4.74 Å². The minimum atomic E-state index is -4.28. The van der Waals surface area contributed by atoms with Crippen LogP contribution in [-0.4, -0.2) is 6.10 Å². The molecule has 2 rings (SSSR count). The van der Waals surface area contributed by atoms with Crippen molar-refractivity contribution in [1.29, 1.82) is 0 Å². The average molecular weight is 202 g/mol. The van der Waals surface area contributed by atoms with Crippen LogP contribution in [0.4, 0.5) is 13.2 Å². The van der Waals surface area contributed by atoms with Crippen molar-refractivity contribution in [2.75, 3.05) is 0 Å². The van der Waals surface area contributed by atoms with Crippen LogP contribution >= 0.6 is 0 Å². The summed E-state index contributed by atoms with van der Waals surface area (Å²) in [7, 11) is 0. The lowest BCUT2D eigenvalue weighted by Crippen LogP contribution is -2.09. The van der Waals surface area contributed by atoms with E-state index in [1.807, 2.05) is 0 Å². The van der Waals surface area contributed by atoms with Crippen molar-refractivity contribution in [1.82, 2.24) is 0 Å². The lowest BCUT2D eigenvalue weighted by atomic mass is 10.0. The van der Waals surface area contributed by atoms with Gasteiger partial charge in [0.05, 0.1) is 5.56 Å². The zero-order chi connectivity index (χ0) is 10.3. The Hall–Kier alpha value is -1.19. The smallest absolute Gasteiger partial charge is 0.416 e. The summed E-state index contributed by atoms with van der Waals surface area (Å²) in [4.78, 5) is 0. The van der Waals surface area contributed by atoms with Gasteiger partial charge in [0.15, 0.2) is 0 Å². The third-order valence-corrected chi connectivity index (χ3v) is 2.26. The van der Waals surface area contributed by atoms with Crippen molar-refractivity contribution >= 4 is 0 Å². The maximum absolute atomic E-state index is 12.5. The van der Waals surface area contributed by atoms with Crippen LogP contribution in [0.2, 0.25) is 0 Å². The van der Waals surface area contributed by atoms with Gasteiger partial charge in [-0.15, -0.1) is 0 Å². The number of benzene rings is 1. The molecule has 1 aromatic rings. The van der Waals surface area contributed by atoms with E-state index in [2.05, 4.69) is 0 Å². The molecule has 0 spiro atoms. The fraction of sp³-hybridized carbons (Fsp3) is 0.400. The lowest BCUT2D eigenvalue weighted by molar-refractivity contribution is -0.138. The standard InChI is InChI=1S/C10H9F3O/c1-6-5-7-8(10(11,12)13)3-2-4-9(7)14-6/h2-4,6H,5H2,1H3/t6-/m1/s1. The molecule has 0 radical (unpaired) electrons. The number of hydrogen-bond donors (Lipinski definition) is 0. The van der Waals surface area contributed by atoms with E-state index in [1.165, 1.54) is 6.07 Å². The third-order valence-electron chi connectivity index (χ3n) is 2.26. The summed E-state index contributed by atoms with van der Waals surface area (Å²) in [5.74, 6) is 0.368. The molecule has 1 aliphatic heterocycles. The molecule has 0 amide bonds. The van der Waals surface area contributed by atoms with Crippen LogP contribution in [0.25, 0.3) is 0 Å². The molecule has 0 saturated heterocycles. The predicted molar refractivity (Wildman–Crippen MR) is 45.2 cm³/mol. The minimum Gasteiger partial charge on any atom is -0.490 e. The summed E-state index contributed by atoms with van der Waals surface area (Å²) < 4.78 is 42.8. The van der Waals surface area contributed by atoms with Gasteiger partial charge in [-0.2, -0.15) is 13.2 Å². The Morgan fingerprint density at radius 2 is 2.07 bits per heavy atom. The molecule has 1 aromatic carbocycles. The maximum atomic E-state index is 12.5. The van der Waals surface area contributed by atoms with Gasteiger partial charge in [0.25, 0.3) is 0 Å². The van der Waals surface area contributed by atoms with Gasteiger partial charge in [0, 0.05) is 12.0 Å². The first-order valence-corrected chi connectivity index (χ1v) is 4.34. The fourth-order valence-electron chi connectivity index (χ4n) is 1.70. The predicted octanol–water partition coefficient (Wildman–Crippen LogP) is 3.03. The van der Waals surface area contributed by atoms with E-state index in [0.29, 0.717) is 12.2 Å². The van der Waals surface area contributed by atoms with Crippen molar-refractivity contribution in [3.05, 3.63) is 29.3 Å². The first-order valence-electron chi connectivity index (χ1n) is 4.34. The van der Waals surface area contributed by atoms with Crippen LogP contribution in [-0.2, 0) is 12.6 Å². The van der Waals surface area contributed by atoms with E-state index in [9.17, 15) is 13.2 Å². The maximum Gasteiger partial charge on any atom is 0.416 e. The van der Waals surface area contributed by atoms with Crippen molar-refractivity contribution < 1.29 is 17.9 Å². The molecular weight excluding hydrogens is 193 g/mol. The van der Waals surface area contributed by atoms with Gasteiger partial charge >= 0.3 is 6.18 Å². The molecule has 0 aliphatic carbocycles. The third kappa shape index (κ3) is 1.45. The van der Waals surface area contributed by atoms with Gasteiger partial charge in [0.2, 0.25) is 0 Å². The van der Waals surface area contributed by atoms with E-state index < -0.39 is 11.7 Å². The number of alkyl halides is 3. The first kappa shape index (κ1) is 9.37. The molecular formula is C10H9F3O. The Kier molecular flexibility index (Phi) is 1.94. The van der Waals surface area contributed by atoms with E-state index in [1.54, 1.807) is 13.0 Å². The number of rotatable bonds is 0. The SMILES string of the molecule is C[C@@H]1Cc2c(cccc2C(F)(F)F)O1. The largest absolute Gasteiger partial charge is 0.490 e. The molecule has 0 N–H and O–H groups in total. The van der Waals surface area contributed by atoms with E-state index in [-0.39, 0.29) is 11.7 Å². The molecule has 4 heteroatoms. The number of ether oxygens (including phenoxy) is 1. The van der Waals surface area contributed by atoms with Crippen LogP contribution in [0.1, 0.15) is 18.1 Å². The molecule has 14 heavy (non-hydrogen) atoms. The van der Waals surface area contributed by atoms with Crippen molar-refractivity contribution in [2.24, 2.45) is 0 Å². The molecule has 0 aromatic heterocycles. The van der Waals surface area contributed by atoms with Crippen LogP contribution in [0.5, 0.6) is 5.75 Å². The van der Waals surface area contributed by atoms with Crippen molar-refractivity contribution in [3.63, 3.8) is 0 Å². The first-order chi connectivity index (χ1) is 6.48. The number of hydrogen-bond acceptors (Lipinski definition) is 1. The summed E-state index contributed by atoms with van der Waals surface area (Å²) in [5.41, 5.74) is -0.285. The Morgan fingerprint density at radius 1 is 1.36 bits per heavy atom. The Morgan fingerprint density at radius 3 is 2.71 bits per heavy atom. The Bertz CT molecular complexity index is 357. The minimum absolute atomic E-state index is 0.159. The molecule has 0 unspecified atom stereocenters. The highest BCUT2D eigenvalue weighted by molar-refractivity contribution is 5.44. The summed E-state index contributed by atoms with van der Waals surface area (Å²) in [5, 5.41) is 0. The van der Waals surface area contributed by atoms with Gasteiger partial charge in [-0.25, -0.2) is 0 Å². The summed E-state index contributed by atoms with van der Waals surface area (Å²) in [6, 6.07) is 4.05. The molecule has 1 nitrogen and oxygen atoms in total. The van der Waals surface area contributed by atoms with Gasteiger partial charge in [-0.1, -0.05) is 6.07 Å². The summed E-state index contributed by atoms with van der Waals surface area (Å²) in [6.45, 7) is 1.76. The second-order valence-corrected chi connectivity index (χ2v) is 3.41. The van der Waals surface area contributed by atoms with Crippen molar-refractivity contribution in [2.45, 2.75) is 25.6 Å². The molecule has 1 aliphatic rings. The van der Waals surface area contributed by atoms with Gasteiger partial charge in [-0.3, -0.25) is 0 Å². The monoisotopic (exact) mass is 202 g/mol. The van der Waals surface area contributed by atoms with Gasteiger partial charge in [0.1, 0.15) is 11.9 Å². The normalized spacial score (nSPS) is 20.4. The molecule has 0 fully saturated rings. The van der Waals surface area contributed by atoms with Crippen LogP contribution < -0.4 is 4.74 Å². The second kappa shape index (κ2) is 2.90. The lowest BCUT2D eigenvalue weighted by Gasteiger charge is -2.09. The quantitative estimate of drug-likeness (QED) is 0.628. The highest BCUT2D eigenvalue weighted by Gasteiger charge is 2.36. The molecule has 76 valence electrons. The molecule has 0 saturated carbocycles. The van der Waals surface area contributed by atoms with Crippen LogP contribution in [0.15, 0.2) is 18.2 Å². The number of halogens is 3. The zero-order valence-corrected chi connectivity index (χ0v) is 7.56. The zero-order valence-electron chi connectivity index (χ0n) is 7.56. The molecule has 1 atom stereocenters. The molecule has 0 bridgehead atoms. The van der Waals surface area contributed by atoms with Gasteiger partial charge in [-0.05, 0) is 19.1 Å². The highest BCUT2D eigenvalue weighted by Crippen LogP contribution is 2.39. The Labute approximate surface area is 79.5 Å².